The molecule has 2 N–H and O–H groups in total. The molecule has 1 heterocycles. The van der Waals surface area contributed by atoms with Crippen molar-refractivity contribution in [1.29, 1.82) is 0 Å². The van der Waals surface area contributed by atoms with E-state index >= 15 is 0 Å². The summed E-state index contributed by atoms with van der Waals surface area (Å²) in [4.78, 5) is 20.3. The molecule has 1 fully saturated rings. The number of nitrogens with zero attached hydrogens (tertiary/aromatic N) is 3. The number of hydrogen-bond acceptors (Lipinski definition) is 5. The van der Waals surface area contributed by atoms with E-state index in [2.05, 4.69) is 27.1 Å². The van der Waals surface area contributed by atoms with E-state index in [1.807, 2.05) is 25.1 Å². The zero-order chi connectivity index (χ0) is 22.1. The molecule has 30 heavy (non-hydrogen) atoms. The number of aliphatic imine (C=N–C) groups is 1. The average Bonchev–Trinajstić information content (AvgIpc) is 3.15. The van der Waals surface area contributed by atoms with Gasteiger partial charge in [0.1, 0.15) is 18.0 Å². The lowest BCUT2D eigenvalue weighted by Gasteiger charge is -2.20. The molecule has 1 aromatic rings. The van der Waals surface area contributed by atoms with E-state index < -0.39 is 0 Å². The molecule has 1 amide bonds. The number of guanidine groups is 1. The fraction of sp³-hybridized carbons (Fsp3) is 0.545. The molecule has 1 atom stereocenters. The SMILES string of the molecule is C=C(C)CNC(=NCC(=O)N(C)C)NC1CCN(Cc2cc(OC)cc(OC)c2)C1. The van der Waals surface area contributed by atoms with Gasteiger partial charge in [-0.05, 0) is 31.0 Å². The van der Waals surface area contributed by atoms with Gasteiger partial charge in [-0.3, -0.25) is 9.69 Å². The van der Waals surface area contributed by atoms with Crippen molar-refractivity contribution in [2.75, 3.05) is 54.5 Å². The number of amides is 1. The van der Waals surface area contributed by atoms with Gasteiger partial charge in [0.05, 0.1) is 14.2 Å². The van der Waals surface area contributed by atoms with E-state index in [0.29, 0.717) is 12.5 Å². The fourth-order valence-electron chi connectivity index (χ4n) is 3.18. The van der Waals surface area contributed by atoms with E-state index in [4.69, 9.17) is 9.47 Å². The zero-order valence-corrected chi connectivity index (χ0v) is 18.8. The molecule has 0 spiro atoms. The standard InChI is InChI=1S/C22H35N5O3/c1-16(2)12-23-22(24-13-21(28)26(3)4)25-18-7-8-27(15-18)14-17-9-19(29-5)11-20(10-17)30-6/h9-11,18H,1,7-8,12-15H2,2-6H3,(H2,23,24,25). The second kappa shape index (κ2) is 11.4. The van der Waals surface area contributed by atoms with E-state index in [0.717, 1.165) is 48.7 Å². The van der Waals surface area contributed by atoms with Gasteiger partial charge in [0.15, 0.2) is 5.96 Å². The maximum atomic E-state index is 11.9. The first kappa shape index (κ1) is 23.5. The van der Waals surface area contributed by atoms with Crippen LogP contribution in [-0.2, 0) is 11.3 Å². The second-order valence-corrected chi connectivity index (χ2v) is 7.85. The molecule has 0 aliphatic carbocycles. The summed E-state index contributed by atoms with van der Waals surface area (Å²) in [5, 5.41) is 6.71. The van der Waals surface area contributed by atoms with Crippen LogP contribution in [0.25, 0.3) is 0 Å². The van der Waals surface area contributed by atoms with Crippen molar-refractivity contribution < 1.29 is 14.3 Å². The molecule has 1 aliphatic heterocycles. The topological polar surface area (TPSA) is 78.4 Å². The van der Waals surface area contributed by atoms with Gasteiger partial charge in [-0.1, -0.05) is 12.2 Å². The Morgan fingerprint density at radius 2 is 1.93 bits per heavy atom. The van der Waals surface area contributed by atoms with Gasteiger partial charge in [-0.15, -0.1) is 0 Å². The Morgan fingerprint density at radius 1 is 1.27 bits per heavy atom. The average molecular weight is 418 g/mol. The first-order valence-electron chi connectivity index (χ1n) is 10.1. The third-order valence-electron chi connectivity index (χ3n) is 4.86. The third kappa shape index (κ3) is 7.59. The molecule has 1 aromatic carbocycles. The highest BCUT2D eigenvalue weighted by Gasteiger charge is 2.23. The van der Waals surface area contributed by atoms with Crippen molar-refractivity contribution in [2.24, 2.45) is 4.99 Å². The van der Waals surface area contributed by atoms with E-state index in [-0.39, 0.29) is 18.5 Å². The number of likely N-dealkylation sites (tertiary alicyclic amines) is 1. The number of likely N-dealkylation sites (N-methyl/N-ethyl adjacent to an activating group) is 1. The molecule has 0 aromatic heterocycles. The van der Waals surface area contributed by atoms with Crippen LogP contribution in [0.5, 0.6) is 11.5 Å². The number of rotatable bonds is 9. The predicted octanol–water partition coefficient (Wildman–Crippen LogP) is 1.48. The van der Waals surface area contributed by atoms with Crippen molar-refractivity contribution >= 4 is 11.9 Å². The molecule has 2 rings (SSSR count). The lowest BCUT2D eigenvalue weighted by atomic mass is 10.2. The third-order valence-corrected chi connectivity index (χ3v) is 4.86. The molecule has 1 aliphatic rings. The summed E-state index contributed by atoms with van der Waals surface area (Å²) in [6, 6.07) is 6.21. The number of benzene rings is 1. The smallest absolute Gasteiger partial charge is 0.243 e. The summed E-state index contributed by atoms with van der Waals surface area (Å²) >= 11 is 0. The summed E-state index contributed by atoms with van der Waals surface area (Å²) in [5.74, 6) is 2.19. The minimum atomic E-state index is -0.0357. The summed E-state index contributed by atoms with van der Waals surface area (Å²) in [7, 11) is 6.78. The van der Waals surface area contributed by atoms with E-state index in [1.54, 1.807) is 33.2 Å². The number of carbonyl (C=O) groups excluding carboxylic acids is 1. The minimum absolute atomic E-state index is 0.0357. The molecular formula is C22H35N5O3. The number of nitrogens with one attached hydrogen (secondary N) is 2. The van der Waals surface area contributed by atoms with Crippen LogP contribution in [-0.4, -0.2) is 82.2 Å². The maximum Gasteiger partial charge on any atom is 0.243 e. The van der Waals surface area contributed by atoms with Crippen LogP contribution in [0.15, 0.2) is 35.3 Å². The zero-order valence-electron chi connectivity index (χ0n) is 18.8. The molecular weight excluding hydrogens is 382 g/mol. The Kier molecular flexibility index (Phi) is 8.98. The lowest BCUT2D eigenvalue weighted by molar-refractivity contribution is -0.127. The molecule has 0 saturated carbocycles. The van der Waals surface area contributed by atoms with Crippen molar-refractivity contribution in [3.05, 3.63) is 35.9 Å². The van der Waals surface area contributed by atoms with Crippen molar-refractivity contribution in [2.45, 2.75) is 25.9 Å². The number of hydrogen-bond donors (Lipinski definition) is 2. The van der Waals surface area contributed by atoms with Crippen LogP contribution in [0, 0.1) is 0 Å². The normalized spacial score (nSPS) is 16.8. The van der Waals surface area contributed by atoms with Gasteiger partial charge >= 0.3 is 0 Å². The first-order valence-corrected chi connectivity index (χ1v) is 10.1. The minimum Gasteiger partial charge on any atom is -0.497 e. The molecule has 1 saturated heterocycles. The Bertz CT molecular complexity index is 741. The summed E-state index contributed by atoms with van der Waals surface area (Å²) < 4.78 is 10.7. The number of methoxy groups -OCH3 is 2. The van der Waals surface area contributed by atoms with Gasteiger partial charge in [-0.25, -0.2) is 4.99 Å². The monoisotopic (exact) mass is 417 g/mol. The van der Waals surface area contributed by atoms with Crippen molar-refractivity contribution in [1.82, 2.24) is 20.4 Å². The van der Waals surface area contributed by atoms with E-state index in [9.17, 15) is 4.79 Å². The van der Waals surface area contributed by atoms with Crippen molar-refractivity contribution in [3.63, 3.8) is 0 Å². The molecule has 0 bridgehead atoms. The summed E-state index contributed by atoms with van der Waals surface area (Å²) in [6.45, 7) is 9.27. The first-order chi connectivity index (χ1) is 14.3. The second-order valence-electron chi connectivity index (χ2n) is 7.85. The van der Waals surface area contributed by atoms with Crippen LogP contribution in [0.3, 0.4) is 0 Å². The van der Waals surface area contributed by atoms with Gasteiger partial charge in [0.25, 0.3) is 0 Å². The quantitative estimate of drug-likeness (QED) is 0.360. The Labute approximate surface area is 179 Å². The Balaban J connectivity index is 1.97. The highest BCUT2D eigenvalue weighted by atomic mass is 16.5. The van der Waals surface area contributed by atoms with Crippen LogP contribution < -0.4 is 20.1 Å². The molecule has 8 nitrogen and oxygen atoms in total. The van der Waals surface area contributed by atoms with Crippen LogP contribution in [0.1, 0.15) is 18.9 Å². The van der Waals surface area contributed by atoms with Gasteiger partial charge in [-0.2, -0.15) is 0 Å². The largest absolute Gasteiger partial charge is 0.497 e. The number of ether oxygens (including phenoxy) is 2. The highest BCUT2D eigenvalue weighted by Crippen LogP contribution is 2.24. The predicted molar refractivity (Wildman–Crippen MR) is 120 cm³/mol. The number of carbonyl (C=O) groups is 1. The lowest BCUT2D eigenvalue weighted by Crippen LogP contribution is -2.45. The van der Waals surface area contributed by atoms with Crippen LogP contribution in [0.4, 0.5) is 0 Å². The summed E-state index contributed by atoms with van der Waals surface area (Å²) in [5.41, 5.74) is 2.15. The summed E-state index contributed by atoms with van der Waals surface area (Å²) in [6.07, 6.45) is 0.997. The Hall–Kier alpha value is -2.74. The van der Waals surface area contributed by atoms with Crippen LogP contribution in [0.2, 0.25) is 0 Å². The molecule has 1 unspecified atom stereocenters. The van der Waals surface area contributed by atoms with Crippen LogP contribution >= 0.6 is 0 Å². The maximum absolute atomic E-state index is 11.9. The molecule has 166 valence electrons. The van der Waals surface area contributed by atoms with E-state index in [1.165, 1.54) is 0 Å². The van der Waals surface area contributed by atoms with Gasteiger partial charge in [0, 0.05) is 52.4 Å². The molecule has 8 heteroatoms. The van der Waals surface area contributed by atoms with Crippen molar-refractivity contribution in [3.8, 4) is 11.5 Å². The molecule has 0 radical (unpaired) electrons. The van der Waals surface area contributed by atoms with Gasteiger partial charge < -0.3 is 25.0 Å². The fourth-order valence-corrected chi connectivity index (χ4v) is 3.18. The Morgan fingerprint density at radius 3 is 2.50 bits per heavy atom. The highest BCUT2D eigenvalue weighted by molar-refractivity contribution is 5.85. The van der Waals surface area contributed by atoms with Gasteiger partial charge in [0.2, 0.25) is 5.91 Å².